The third kappa shape index (κ3) is 2.49. The summed E-state index contributed by atoms with van der Waals surface area (Å²) >= 11 is 1.15. The molecule has 0 aromatic carbocycles. The van der Waals surface area contributed by atoms with E-state index < -0.39 is 0 Å². The van der Waals surface area contributed by atoms with Crippen LogP contribution in [-0.2, 0) is 9.59 Å². The summed E-state index contributed by atoms with van der Waals surface area (Å²) in [7, 11) is 0. The average molecular weight is 262 g/mol. The lowest BCUT2D eigenvalue weighted by atomic mass is 10.3. The first-order valence-corrected chi connectivity index (χ1v) is 6.17. The number of aromatic nitrogens is 2. The van der Waals surface area contributed by atoms with Crippen molar-refractivity contribution in [2.24, 2.45) is 0 Å². The predicted octanol–water partition coefficient (Wildman–Crippen LogP) is 0.733. The standard InChI is InChI=1S/C11H10N4O2S/c1-7(16)18-9-2-10(17)15(5-9)11-8(3-12)4-13-6-14-11/h4,6,9H,2,5H2,1H3. The van der Waals surface area contributed by atoms with Crippen molar-refractivity contribution in [3.8, 4) is 6.07 Å². The van der Waals surface area contributed by atoms with Crippen LogP contribution >= 0.6 is 11.8 Å². The maximum atomic E-state index is 11.9. The molecule has 0 aliphatic carbocycles. The van der Waals surface area contributed by atoms with Crippen LogP contribution in [0.25, 0.3) is 0 Å². The number of thioether (sulfide) groups is 1. The maximum Gasteiger partial charge on any atom is 0.229 e. The molecule has 6 nitrogen and oxygen atoms in total. The maximum absolute atomic E-state index is 11.9. The van der Waals surface area contributed by atoms with Gasteiger partial charge in [-0.25, -0.2) is 9.97 Å². The molecule has 2 heterocycles. The first-order chi connectivity index (χ1) is 8.61. The molecule has 0 saturated carbocycles. The predicted molar refractivity (Wildman–Crippen MR) is 65.8 cm³/mol. The monoisotopic (exact) mass is 262 g/mol. The zero-order chi connectivity index (χ0) is 13.1. The van der Waals surface area contributed by atoms with Crippen molar-refractivity contribution in [3.63, 3.8) is 0 Å². The van der Waals surface area contributed by atoms with Gasteiger partial charge in [0, 0.05) is 25.1 Å². The Hall–Kier alpha value is -1.94. The second kappa shape index (κ2) is 5.14. The van der Waals surface area contributed by atoms with Gasteiger partial charge in [-0.1, -0.05) is 11.8 Å². The lowest BCUT2D eigenvalue weighted by Crippen LogP contribution is -2.27. The minimum Gasteiger partial charge on any atom is -0.294 e. The highest BCUT2D eigenvalue weighted by atomic mass is 32.2. The molecule has 7 heteroatoms. The van der Waals surface area contributed by atoms with Gasteiger partial charge in [-0.15, -0.1) is 0 Å². The summed E-state index contributed by atoms with van der Waals surface area (Å²) in [6, 6.07) is 1.96. The topological polar surface area (TPSA) is 87.0 Å². The Morgan fingerprint density at radius 3 is 3.11 bits per heavy atom. The minimum atomic E-state index is -0.121. The summed E-state index contributed by atoms with van der Waals surface area (Å²) < 4.78 is 0. The van der Waals surface area contributed by atoms with Crippen LogP contribution in [0.4, 0.5) is 5.82 Å². The summed E-state index contributed by atoms with van der Waals surface area (Å²) in [5.41, 5.74) is 0.263. The van der Waals surface area contributed by atoms with Crippen LogP contribution < -0.4 is 4.90 Å². The van der Waals surface area contributed by atoms with Gasteiger partial charge in [0.25, 0.3) is 0 Å². The second-order valence-corrected chi connectivity index (χ2v) is 5.29. The molecule has 1 fully saturated rings. The van der Waals surface area contributed by atoms with Crippen LogP contribution in [0.5, 0.6) is 0 Å². The van der Waals surface area contributed by atoms with Crippen molar-refractivity contribution >= 4 is 28.6 Å². The fourth-order valence-corrected chi connectivity index (χ4v) is 2.73. The normalized spacial score (nSPS) is 18.8. The van der Waals surface area contributed by atoms with Crippen LogP contribution in [0.1, 0.15) is 18.9 Å². The molecule has 1 amide bonds. The van der Waals surface area contributed by atoms with E-state index in [0.717, 1.165) is 11.8 Å². The second-order valence-electron chi connectivity index (χ2n) is 3.81. The van der Waals surface area contributed by atoms with Gasteiger partial charge >= 0.3 is 0 Å². The van der Waals surface area contributed by atoms with Gasteiger partial charge in [-0.05, 0) is 0 Å². The largest absolute Gasteiger partial charge is 0.294 e. The van der Waals surface area contributed by atoms with Crippen LogP contribution in [0.15, 0.2) is 12.5 Å². The first kappa shape index (κ1) is 12.5. The summed E-state index contributed by atoms with van der Waals surface area (Å²) in [5, 5.41) is 8.86. The number of anilines is 1. The van der Waals surface area contributed by atoms with E-state index in [1.807, 2.05) is 6.07 Å². The minimum absolute atomic E-state index is 0.0159. The van der Waals surface area contributed by atoms with Crippen molar-refractivity contribution in [1.82, 2.24) is 9.97 Å². The molecule has 1 unspecified atom stereocenters. The molecule has 92 valence electrons. The number of carbonyl (C=O) groups is 2. The number of nitrogens with zero attached hydrogens (tertiary/aromatic N) is 4. The molecule has 18 heavy (non-hydrogen) atoms. The molecule has 1 aliphatic heterocycles. The third-order valence-electron chi connectivity index (χ3n) is 2.49. The zero-order valence-electron chi connectivity index (χ0n) is 9.66. The summed E-state index contributed by atoms with van der Waals surface area (Å²) in [6.45, 7) is 1.87. The summed E-state index contributed by atoms with van der Waals surface area (Å²) in [5.74, 6) is 0.202. The molecule has 2 rings (SSSR count). The van der Waals surface area contributed by atoms with Crippen LogP contribution in [0.2, 0.25) is 0 Å². The Morgan fingerprint density at radius 1 is 1.67 bits per heavy atom. The number of amides is 1. The van der Waals surface area contributed by atoms with Crippen LogP contribution in [0, 0.1) is 11.3 Å². The van der Waals surface area contributed by atoms with E-state index >= 15 is 0 Å². The first-order valence-electron chi connectivity index (χ1n) is 5.29. The number of rotatable bonds is 2. The van der Waals surface area contributed by atoms with E-state index in [1.165, 1.54) is 24.3 Å². The van der Waals surface area contributed by atoms with E-state index in [9.17, 15) is 9.59 Å². The Labute approximate surface area is 108 Å². The highest BCUT2D eigenvalue weighted by molar-refractivity contribution is 8.14. The fraction of sp³-hybridized carbons (Fsp3) is 0.364. The van der Waals surface area contributed by atoms with Crippen molar-refractivity contribution in [3.05, 3.63) is 18.1 Å². The van der Waals surface area contributed by atoms with Gasteiger partial charge in [0.15, 0.2) is 10.9 Å². The van der Waals surface area contributed by atoms with Gasteiger partial charge < -0.3 is 0 Å². The molecule has 1 saturated heterocycles. The number of hydrogen-bond donors (Lipinski definition) is 0. The van der Waals surface area contributed by atoms with Crippen molar-refractivity contribution in [2.45, 2.75) is 18.6 Å². The fourth-order valence-electron chi connectivity index (χ4n) is 1.81. The van der Waals surface area contributed by atoms with E-state index in [1.54, 1.807) is 0 Å². The zero-order valence-corrected chi connectivity index (χ0v) is 10.5. The smallest absolute Gasteiger partial charge is 0.229 e. The molecule has 0 bridgehead atoms. The van der Waals surface area contributed by atoms with Crippen molar-refractivity contribution < 1.29 is 9.59 Å². The van der Waals surface area contributed by atoms with Gasteiger partial charge in [-0.2, -0.15) is 5.26 Å². The molecular formula is C11H10N4O2S. The van der Waals surface area contributed by atoms with Crippen LogP contribution in [-0.4, -0.2) is 32.8 Å². The quantitative estimate of drug-likeness (QED) is 0.781. The number of nitriles is 1. The Kier molecular flexibility index (Phi) is 3.58. The van der Waals surface area contributed by atoms with E-state index in [4.69, 9.17) is 5.26 Å². The molecule has 0 spiro atoms. The average Bonchev–Trinajstić information content (AvgIpc) is 2.69. The van der Waals surface area contributed by atoms with Gasteiger partial charge in [-0.3, -0.25) is 14.5 Å². The Bertz CT molecular complexity index is 540. The molecule has 0 N–H and O–H groups in total. The number of carbonyl (C=O) groups excluding carboxylic acids is 2. The Morgan fingerprint density at radius 2 is 2.44 bits per heavy atom. The molecule has 0 radical (unpaired) electrons. The molecule has 1 aliphatic rings. The van der Waals surface area contributed by atoms with Gasteiger partial charge in [0.2, 0.25) is 5.91 Å². The summed E-state index contributed by atoms with van der Waals surface area (Å²) in [6.07, 6.45) is 2.97. The van der Waals surface area contributed by atoms with E-state index in [-0.39, 0.29) is 21.8 Å². The van der Waals surface area contributed by atoms with E-state index in [2.05, 4.69) is 9.97 Å². The molecule has 1 aromatic rings. The molecular weight excluding hydrogens is 252 g/mol. The number of hydrogen-bond acceptors (Lipinski definition) is 6. The van der Waals surface area contributed by atoms with E-state index in [0.29, 0.717) is 18.8 Å². The third-order valence-corrected chi connectivity index (χ3v) is 3.47. The molecule has 1 atom stereocenters. The molecule has 1 aromatic heterocycles. The lowest BCUT2D eigenvalue weighted by Gasteiger charge is -2.15. The van der Waals surface area contributed by atoms with Crippen molar-refractivity contribution in [2.75, 3.05) is 11.4 Å². The van der Waals surface area contributed by atoms with Gasteiger partial charge in [0.05, 0.1) is 6.20 Å². The highest BCUT2D eigenvalue weighted by Gasteiger charge is 2.33. The van der Waals surface area contributed by atoms with Crippen LogP contribution in [0.3, 0.4) is 0 Å². The highest BCUT2D eigenvalue weighted by Crippen LogP contribution is 2.28. The SMILES string of the molecule is CC(=O)SC1CC(=O)N(c2ncncc2C#N)C1. The van der Waals surface area contributed by atoms with Gasteiger partial charge in [0.1, 0.15) is 18.0 Å². The lowest BCUT2D eigenvalue weighted by molar-refractivity contribution is -0.117. The Balaban J connectivity index is 2.22. The summed E-state index contributed by atoms with van der Waals surface area (Å²) in [4.78, 5) is 32.1. The van der Waals surface area contributed by atoms with Crippen molar-refractivity contribution in [1.29, 1.82) is 5.26 Å².